The number of hydrogen-bond acceptors (Lipinski definition) is 3. The van der Waals surface area contributed by atoms with Gasteiger partial charge in [-0.05, 0) is 33.3 Å². The fourth-order valence-electron chi connectivity index (χ4n) is 1.98. The Morgan fingerprint density at radius 3 is 2.84 bits per heavy atom. The maximum absolute atomic E-state index is 12.2. The van der Waals surface area contributed by atoms with Crippen molar-refractivity contribution in [2.75, 3.05) is 5.32 Å². The zero-order chi connectivity index (χ0) is 14.0. The summed E-state index contributed by atoms with van der Waals surface area (Å²) in [5, 5.41) is 7.12. The first kappa shape index (κ1) is 13.4. The van der Waals surface area contributed by atoms with Crippen LogP contribution in [0.1, 0.15) is 48.2 Å². The topological polar surface area (TPSA) is 60.1 Å². The number of carbonyl (C=O) groups excluding carboxylic acids is 1. The van der Waals surface area contributed by atoms with Crippen LogP contribution in [-0.4, -0.2) is 15.7 Å². The Morgan fingerprint density at radius 2 is 2.26 bits per heavy atom. The molecule has 0 radical (unpaired) electrons. The summed E-state index contributed by atoms with van der Waals surface area (Å²) in [5.41, 5.74) is 0.564. The van der Waals surface area contributed by atoms with Gasteiger partial charge in [-0.25, -0.2) is 4.68 Å². The maximum atomic E-state index is 12.2. The molecule has 0 fully saturated rings. The van der Waals surface area contributed by atoms with Crippen molar-refractivity contribution in [2.45, 2.75) is 40.2 Å². The molecule has 2 aromatic heterocycles. The van der Waals surface area contributed by atoms with Crippen LogP contribution in [0.3, 0.4) is 0 Å². The van der Waals surface area contributed by atoms with Crippen LogP contribution >= 0.6 is 0 Å². The van der Waals surface area contributed by atoms with Crippen LogP contribution in [0.2, 0.25) is 0 Å². The second kappa shape index (κ2) is 5.30. The van der Waals surface area contributed by atoms with E-state index < -0.39 is 0 Å². The summed E-state index contributed by atoms with van der Waals surface area (Å²) in [7, 11) is 0. The van der Waals surface area contributed by atoms with Crippen molar-refractivity contribution in [3.05, 3.63) is 35.4 Å². The molecule has 5 heteroatoms. The summed E-state index contributed by atoms with van der Waals surface area (Å²) in [6.45, 7) is 7.76. The molecule has 0 spiro atoms. The lowest BCUT2D eigenvalue weighted by Crippen LogP contribution is -2.17. The largest absolute Gasteiger partial charge is 0.466 e. The molecule has 0 aliphatic rings. The molecule has 0 aliphatic heterocycles. The lowest BCUT2D eigenvalue weighted by Gasteiger charge is -2.13. The van der Waals surface area contributed by atoms with Crippen molar-refractivity contribution in [1.82, 2.24) is 9.78 Å². The number of aryl methyl sites for hydroxylation is 2. The molecule has 0 saturated heterocycles. The SMILES string of the molecule is CCC(C)n1nccc1NC(=O)c1cc(C)oc1C. The third kappa shape index (κ3) is 2.70. The van der Waals surface area contributed by atoms with E-state index in [0.29, 0.717) is 17.1 Å². The summed E-state index contributed by atoms with van der Waals surface area (Å²) in [4.78, 5) is 12.2. The molecule has 2 aromatic rings. The number of nitrogens with one attached hydrogen (secondary N) is 1. The van der Waals surface area contributed by atoms with E-state index in [2.05, 4.69) is 24.3 Å². The van der Waals surface area contributed by atoms with Gasteiger partial charge in [0.15, 0.2) is 0 Å². The van der Waals surface area contributed by atoms with Crippen LogP contribution in [0, 0.1) is 13.8 Å². The highest BCUT2D eigenvalue weighted by atomic mass is 16.3. The molecule has 0 aromatic carbocycles. The molecule has 0 aliphatic carbocycles. The van der Waals surface area contributed by atoms with E-state index in [1.54, 1.807) is 25.3 Å². The Morgan fingerprint density at radius 1 is 1.53 bits per heavy atom. The van der Waals surface area contributed by atoms with Crippen molar-refractivity contribution in [3.8, 4) is 0 Å². The van der Waals surface area contributed by atoms with Gasteiger partial charge in [0.05, 0.1) is 17.8 Å². The predicted octanol–water partition coefficient (Wildman–Crippen LogP) is 3.32. The van der Waals surface area contributed by atoms with E-state index in [4.69, 9.17) is 4.42 Å². The van der Waals surface area contributed by atoms with E-state index in [0.717, 1.165) is 12.2 Å². The first-order valence-electron chi connectivity index (χ1n) is 6.44. The fourth-order valence-corrected chi connectivity index (χ4v) is 1.98. The van der Waals surface area contributed by atoms with Crippen LogP contribution in [-0.2, 0) is 0 Å². The molecule has 0 saturated carbocycles. The van der Waals surface area contributed by atoms with E-state index in [-0.39, 0.29) is 11.9 Å². The van der Waals surface area contributed by atoms with Crippen LogP contribution in [0.25, 0.3) is 0 Å². The van der Waals surface area contributed by atoms with Crippen molar-refractivity contribution in [3.63, 3.8) is 0 Å². The number of rotatable bonds is 4. The summed E-state index contributed by atoms with van der Waals surface area (Å²) in [6, 6.07) is 3.79. The second-order valence-corrected chi connectivity index (χ2v) is 4.70. The molecule has 1 amide bonds. The molecular weight excluding hydrogens is 242 g/mol. The smallest absolute Gasteiger partial charge is 0.260 e. The minimum absolute atomic E-state index is 0.167. The molecule has 2 heterocycles. The summed E-state index contributed by atoms with van der Waals surface area (Å²) < 4.78 is 7.19. The van der Waals surface area contributed by atoms with E-state index in [9.17, 15) is 4.79 Å². The van der Waals surface area contributed by atoms with Crippen LogP contribution in [0.15, 0.2) is 22.7 Å². The van der Waals surface area contributed by atoms with Gasteiger partial charge >= 0.3 is 0 Å². The number of carbonyl (C=O) groups is 1. The number of hydrogen-bond donors (Lipinski definition) is 1. The average Bonchev–Trinajstić information content (AvgIpc) is 2.95. The zero-order valence-corrected chi connectivity index (χ0v) is 11.7. The highest BCUT2D eigenvalue weighted by molar-refractivity contribution is 6.04. The van der Waals surface area contributed by atoms with Gasteiger partial charge in [-0.3, -0.25) is 4.79 Å². The third-order valence-electron chi connectivity index (χ3n) is 3.21. The first-order valence-corrected chi connectivity index (χ1v) is 6.44. The molecule has 19 heavy (non-hydrogen) atoms. The molecule has 1 N–H and O–H groups in total. The van der Waals surface area contributed by atoms with Crippen molar-refractivity contribution < 1.29 is 9.21 Å². The molecule has 2 rings (SSSR count). The minimum atomic E-state index is -0.167. The summed E-state index contributed by atoms with van der Waals surface area (Å²) in [6.07, 6.45) is 2.64. The Kier molecular flexibility index (Phi) is 3.74. The van der Waals surface area contributed by atoms with Crippen molar-refractivity contribution in [1.29, 1.82) is 0 Å². The molecule has 0 bridgehead atoms. The summed E-state index contributed by atoms with van der Waals surface area (Å²) in [5.74, 6) is 1.90. The van der Waals surface area contributed by atoms with Gasteiger partial charge in [0.2, 0.25) is 0 Å². The highest BCUT2D eigenvalue weighted by Crippen LogP contribution is 2.19. The van der Waals surface area contributed by atoms with Gasteiger partial charge in [-0.2, -0.15) is 5.10 Å². The molecular formula is C14H19N3O2. The third-order valence-corrected chi connectivity index (χ3v) is 3.21. The maximum Gasteiger partial charge on any atom is 0.260 e. The standard InChI is InChI=1S/C14H19N3O2/c1-5-9(2)17-13(6-7-15-17)16-14(18)12-8-10(3)19-11(12)4/h6-9H,5H2,1-4H3,(H,16,18). The number of amides is 1. The van der Waals surface area contributed by atoms with Gasteiger partial charge in [0, 0.05) is 6.07 Å². The fraction of sp³-hybridized carbons (Fsp3) is 0.429. The zero-order valence-electron chi connectivity index (χ0n) is 11.7. The number of nitrogens with zero attached hydrogens (tertiary/aromatic N) is 2. The molecule has 5 nitrogen and oxygen atoms in total. The Hall–Kier alpha value is -2.04. The van der Waals surface area contributed by atoms with E-state index in [1.807, 2.05) is 11.6 Å². The monoisotopic (exact) mass is 261 g/mol. The van der Waals surface area contributed by atoms with E-state index in [1.165, 1.54) is 0 Å². The lowest BCUT2D eigenvalue weighted by atomic mass is 10.2. The number of aromatic nitrogens is 2. The normalized spacial score (nSPS) is 12.4. The molecule has 102 valence electrons. The number of furan rings is 1. The average molecular weight is 261 g/mol. The Labute approximate surface area is 112 Å². The second-order valence-electron chi connectivity index (χ2n) is 4.70. The van der Waals surface area contributed by atoms with Gasteiger partial charge in [-0.15, -0.1) is 0 Å². The highest BCUT2D eigenvalue weighted by Gasteiger charge is 2.16. The Bertz CT molecular complexity index is 583. The predicted molar refractivity (Wildman–Crippen MR) is 73.4 cm³/mol. The minimum Gasteiger partial charge on any atom is -0.466 e. The molecule has 1 unspecified atom stereocenters. The van der Waals surface area contributed by atoms with Crippen LogP contribution < -0.4 is 5.32 Å². The number of anilines is 1. The van der Waals surface area contributed by atoms with Crippen LogP contribution in [0.5, 0.6) is 0 Å². The quantitative estimate of drug-likeness (QED) is 0.918. The van der Waals surface area contributed by atoms with Gasteiger partial charge in [0.25, 0.3) is 5.91 Å². The van der Waals surface area contributed by atoms with Crippen molar-refractivity contribution in [2.24, 2.45) is 0 Å². The Balaban J connectivity index is 2.20. The van der Waals surface area contributed by atoms with Gasteiger partial charge in [0.1, 0.15) is 17.3 Å². The van der Waals surface area contributed by atoms with Crippen LogP contribution in [0.4, 0.5) is 5.82 Å². The summed E-state index contributed by atoms with van der Waals surface area (Å²) >= 11 is 0. The van der Waals surface area contributed by atoms with Gasteiger partial charge < -0.3 is 9.73 Å². The van der Waals surface area contributed by atoms with Crippen molar-refractivity contribution >= 4 is 11.7 Å². The first-order chi connectivity index (χ1) is 9.02. The molecule has 1 atom stereocenters. The lowest BCUT2D eigenvalue weighted by molar-refractivity contribution is 0.102. The van der Waals surface area contributed by atoms with Gasteiger partial charge in [-0.1, -0.05) is 6.92 Å². The van der Waals surface area contributed by atoms with E-state index >= 15 is 0 Å².